The van der Waals surface area contributed by atoms with Crippen LogP contribution in [0.3, 0.4) is 0 Å². The summed E-state index contributed by atoms with van der Waals surface area (Å²) >= 11 is 5.92. The van der Waals surface area contributed by atoms with Crippen molar-refractivity contribution in [2.75, 3.05) is 5.32 Å². The minimum absolute atomic E-state index is 0.668. The highest BCUT2D eigenvalue weighted by molar-refractivity contribution is 6.30. The molecule has 0 aliphatic rings. The summed E-state index contributed by atoms with van der Waals surface area (Å²) in [4.78, 5) is 4.67. The smallest absolute Gasteiger partial charge is 0.204 e. The first-order valence-electron chi connectivity index (χ1n) is 6.85. The van der Waals surface area contributed by atoms with E-state index in [1.807, 2.05) is 59.9 Å². The molecule has 4 rings (SSSR count). The zero-order valence-electron chi connectivity index (χ0n) is 11.8. The quantitative estimate of drug-likeness (QED) is 0.608. The highest BCUT2D eigenvalue weighted by Gasteiger charge is 2.12. The lowest BCUT2D eigenvalue weighted by Gasteiger charge is -2.09. The molecule has 0 bridgehead atoms. The van der Waals surface area contributed by atoms with Crippen LogP contribution in [0.1, 0.15) is 5.82 Å². The minimum atomic E-state index is 0.668. The van der Waals surface area contributed by atoms with Gasteiger partial charge in [-0.25, -0.2) is 4.98 Å². The lowest BCUT2D eigenvalue weighted by Crippen LogP contribution is -2.01. The first-order valence-corrected chi connectivity index (χ1v) is 7.23. The summed E-state index contributed by atoms with van der Waals surface area (Å²) in [5, 5.41) is 12.4. The third kappa shape index (κ3) is 2.07. The van der Waals surface area contributed by atoms with Gasteiger partial charge in [-0.05, 0) is 43.3 Å². The molecule has 6 heteroatoms. The van der Waals surface area contributed by atoms with Gasteiger partial charge in [0, 0.05) is 10.7 Å². The first kappa shape index (κ1) is 13.0. The van der Waals surface area contributed by atoms with E-state index in [2.05, 4.69) is 20.5 Å². The number of fused-ring (bicyclic) bond motifs is 3. The van der Waals surface area contributed by atoms with Crippen molar-refractivity contribution in [1.82, 2.24) is 19.6 Å². The largest absolute Gasteiger partial charge is 0.337 e. The van der Waals surface area contributed by atoms with E-state index in [9.17, 15) is 0 Å². The molecule has 0 atom stereocenters. The molecule has 1 N–H and O–H groups in total. The maximum absolute atomic E-state index is 5.92. The number of hydrogen-bond donors (Lipinski definition) is 1. The fourth-order valence-corrected chi connectivity index (χ4v) is 2.60. The normalized spacial score (nSPS) is 11.2. The lowest BCUT2D eigenvalue weighted by molar-refractivity contribution is 1.02. The molecule has 2 heterocycles. The maximum atomic E-state index is 5.92. The van der Waals surface area contributed by atoms with Crippen molar-refractivity contribution in [1.29, 1.82) is 0 Å². The third-order valence-electron chi connectivity index (χ3n) is 3.50. The summed E-state index contributed by atoms with van der Waals surface area (Å²) in [7, 11) is 0. The Bertz CT molecular complexity index is 975. The Morgan fingerprint density at radius 3 is 2.59 bits per heavy atom. The van der Waals surface area contributed by atoms with E-state index in [1.54, 1.807) is 0 Å². The summed E-state index contributed by atoms with van der Waals surface area (Å²) in [5.74, 6) is 1.49. The van der Waals surface area contributed by atoms with E-state index in [0.717, 1.165) is 22.5 Å². The molecule has 0 spiro atoms. The lowest BCUT2D eigenvalue weighted by atomic mass is 10.3. The second-order valence-electron chi connectivity index (χ2n) is 4.99. The molecule has 0 saturated carbocycles. The molecule has 0 unspecified atom stereocenters. The Labute approximate surface area is 131 Å². The average molecular weight is 310 g/mol. The van der Waals surface area contributed by atoms with E-state index in [1.165, 1.54) is 0 Å². The number of hydrogen-bond acceptors (Lipinski definition) is 4. The molecule has 0 saturated heterocycles. The number of rotatable bonds is 2. The molecule has 108 valence electrons. The first-order chi connectivity index (χ1) is 10.7. The van der Waals surface area contributed by atoms with Crippen LogP contribution in [-0.2, 0) is 0 Å². The van der Waals surface area contributed by atoms with Crippen molar-refractivity contribution >= 4 is 39.8 Å². The van der Waals surface area contributed by atoms with Crippen LogP contribution in [0.25, 0.3) is 16.7 Å². The fourth-order valence-electron chi connectivity index (χ4n) is 2.48. The third-order valence-corrected chi connectivity index (χ3v) is 3.75. The van der Waals surface area contributed by atoms with Gasteiger partial charge < -0.3 is 5.32 Å². The Hall–Kier alpha value is -2.66. The van der Waals surface area contributed by atoms with Crippen molar-refractivity contribution < 1.29 is 0 Å². The van der Waals surface area contributed by atoms with Crippen LogP contribution in [0, 0.1) is 6.92 Å². The van der Waals surface area contributed by atoms with E-state index < -0.39 is 0 Å². The molecular weight excluding hydrogens is 298 g/mol. The number of nitrogens with zero attached hydrogens (tertiary/aromatic N) is 4. The summed E-state index contributed by atoms with van der Waals surface area (Å²) in [6.07, 6.45) is 0. The highest BCUT2D eigenvalue weighted by Crippen LogP contribution is 2.24. The number of aryl methyl sites for hydroxylation is 1. The molecule has 4 aromatic rings. The molecule has 0 radical (unpaired) electrons. The topological polar surface area (TPSA) is 55.1 Å². The van der Waals surface area contributed by atoms with Gasteiger partial charge in [0.25, 0.3) is 0 Å². The van der Waals surface area contributed by atoms with Gasteiger partial charge in [-0.2, -0.15) is 0 Å². The number of nitrogens with one attached hydrogen (secondary N) is 1. The minimum Gasteiger partial charge on any atom is -0.337 e. The van der Waals surface area contributed by atoms with Crippen molar-refractivity contribution in [2.45, 2.75) is 6.92 Å². The van der Waals surface area contributed by atoms with Gasteiger partial charge in [-0.3, -0.25) is 4.40 Å². The van der Waals surface area contributed by atoms with Gasteiger partial charge >= 0.3 is 0 Å². The van der Waals surface area contributed by atoms with Crippen LogP contribution in [0.4, 0.5) is 11.5 Å². The average Bonchev–Trinajstić information content (AvgIpc) is 2.92. The second kappa shape index (κ2) is 4.96. The van der Waals surface area contributed by atoms with Crippen molar-refractivity contribution in [2.24, 2.45) is 0 Å². The molecule has 5 nitrogen and oxygen atoms in total. The van der Waals surface area contributed by atoms with E-state index in [4.69, 9.17) is 11.6 Å². The van der Waals surface area contributed by atoms with Gasteiger partial charge in [0.05, 0.1) is 11.0 Å². The molecular formula is C16H12ClN5. The van der Waals surface area contributed by atoms with Gasteiger partial charge in [-0.15, -0.1) is 10.2 Å². The molecule has 0 amide bonds. The second-order valence-corrected chi connectivity index (χ2v) is 5.42. The summed E-state index contributed by atoms with van der Waals surface area (Å²) in [6.45, 7) is 1.93. The number of benzene rings is 2. The summed E-state index contributed by atoms with van der Waals surface area (Å²) in [6, 6.07) is 15.4. The number of halogens is 1. The summed E-state index contributed by atoms with van der Waals surface area (Å²) < 4.78 is 2.00. The molecule has 2 aromatic heterocycles. The zero-order valence-corrected chi connectivity index (χ0v) is 12.5. The van der Waals surface area contributed by atoms with Gasteiger partial charge in [0.2, 0.25) is 5.65 Å². The van der Waals surface area contributed by atoms with Crippen molar-refractivity contribution in [3.8, 4) is 0 Å². The van der Waals surface area contributed by atoms with E-state index >= 15 is 0 Å². The van der Waals surface area contributed by atoms with Gasteiger partial charge in [0.15, 0.2) is 5.82 Å². The monoisotopic (exact) mass is 309 g/mol. The fraction of sp³-hybridized carbons (Fsp3) is 0.0625. The Morgan fingerprint density at radius 1 is 1.00 bits per heavy atom. The van der Waals surface area contributed by atoms with Gasteiger partial charge in [-0.1, -0.05) is 23.7 Å². The van der Waals surface area contributed by atoms with Crippen LogP contribution in [0.5, 0.6) is 0 Å². The highest BCUT2D eigenvalue weighted by atomic mass is 35.5. The standard InChI is InChI=1S/C16H12ClN5/c1-10-20-21-16-15(18-12-8-6-11(17)7-9-12)19-13-4-2-3-5-14(13)22(10)16/h2-9H,1H3,(H,18,19). The SMILES string of the molecule is Cc1nnc2c(Nc3ccc(Cl)cc3)nc3ccccc3n12. The van der Waals surface area contributed by atoms with Gasteiger partial charge in [0.1, 0.15) is 5.82 Å². The number of aromatic nitrogens is 4. The van der Waals surface area contributed by atoms with Crippen molar-refractivity contribution in [3.63, 3.8) is 0 Å². The van der Waals surface area contributed by atoms with Crippen LogP contribution in [0.2, 0.25) is 5.02 Å². The molecule has 0 fully saturated rings. The molecule has 0 aliphatic carbocycles. The summed E-state index contributed by atoms with van der Waals surface area (Å²) in [5.41, 5.74) is 3.47. The number of para-hydroxylation sites is 2. The maximum Gasteiger partial charge on any atom is 0.204 e. The van der Waals surface area contributed by atoms with Crippen LogP contribution < -0.4 is 5.32 Å². The Kier molecular flexibility index (Phi) is 2.94. The van der Waals surface area contributed by atoms with Crippen LogP contribution in [0.15, 0.2) is 48.5 Å². The predicted octanol–water partition coefficient (Wildman–Crippen LogP) is 3.98. The zero-order chi connectivity index (χ0) is 15.1. The number of anilines is 2. The molecule has 0 aliphatic heterocycles. The molecule has 22 heavy (non-hydrogen) atoms. The Balaban J connectivity index is 1.94. The predicted molar refractivity (Wildman–Crippen MR) is 87.8 cm³/mol. The van der Waals surface area contributed by atoms with E-state index in [0.29, 0.717) is 16.5 Å². The molecule has 2 aromatic carbocycles. The van der Waals surface area contributed by atoms with Crippen molar-refractivity contribution in [3.05, 3.63) is 59.4 Å². The Morgan fingerprint density at radius 2 is 1.77 bits per heavy atom. The van der Waals surface area contributed by atoms with E-state index in [-0.39, 0.29) is 0 Å². The van der Waals surface area contributed by atoms with Crippen LogP contribution >= 0.6 is 11.6 Å². The van der Waals surface area contributed by atoms with Crippen LogP contribution in [-0.4, -0.2) is 19.6 Å².